The Morgan fingerprint density at radius 2 is 1.21 bits per heavy atom. The molecule has 2 aromatic rings. The Morgan fingerprint density at radius 3 is 1.63 bits per heavy atom. The van der Waals surface area contributed by atoms with Crippen molar-refractivity contribution < 1.29 is 8.78 Å². The molecule has 0 spiro atoms. The molecule has 2 rings (SSSR count). The second-order valence-electron chi connectivity index (χ2n) is 3.58. The van der Waals surface area contributed by atoms with Gasteiger partial charge in [0.05, 0.1) is 0 Å². The summed E-state index contributed by atoms with van der Waals surface area (Å²) in [6.07, 6.45) is 0. The molecule has 0 saturated heterocycles. The summed E-state index contributed by atoms with van der Waals surface area (Å²) in [6.45, 7) is 0. The van der Waals surface area contributed by atoms with Crippen molar-refractivity contribution in [2.45, 2.75) is 0 Å². The summed E-state index contributed by atoms with van der Waals surface area (Å²) >= 11 is -0.790. The van der Waals surface area contributed by atoms with Crippen molar-refractivity contribution in [2.24, 2.45) is 0 Å². The zero-order chi connectivity index (χ0) is 13.5. The fraction of sp³-hybridized carbons (Fsp3) is 0. The summed E-state index contributed by atoms with van der Waals surface area (Å²) in [5.41, 5.74) is 1.30. The first-order chi connectivity index (χ1) is 9.24. The van der Waals surface area contributed by atoms with Gasteiger partial charge in [-0.05, 0) is 0 Å². The maximum absolute atomic E-state index is 12.9. The predicted molar refractivity (Wildman–Crippen MR) is 72.3 cm³/mol. The molecule has 2 aromatic carbocycles. The second-order valence-corrected chi connectivity index (χ2v) is 5.32. The molecule has 0 amide bonds. The van der Waals surface area contributed by atoms with Crippen LogP contribution in [0.1, 0.15) is 11.1 Å². The van der Waals surface area contributed by atoms with E-state index >= 15 is 0 Å². The molecule has 3 heteroatoms. The van der Waals surface area contributed by atoms with E-state index in [4.69, 9.17) is 0 Å². The fourth-order valence-electron chi connectivity index (χ4n) is 1.33. The average Bonchev–Trinajstić information content (AvgIpc) is 2.38. The topological polar surface area (TPSA) is 0 Å². The molecule has 0 radical (unpaired) electrons. The van der Waals surface area contributed by atoms with Crippen molar-refractivity contribution in [3.05, 3.63) is 71.3 Å². The molecule has 0 heterocycles. The van der Waals surface area contributed by atoms with Crippen LogP contribution in [0.2, 0.25) is 0 Å². The van der Waals surface area contributed by atoms with E-state index in [-0.39, 0.29) is 11.6 Å². The first-order valence-corrected chi connectivity index (χ1v) is 7.76. The van der Waals surface area contributed by atoms with Crippen LogP contribution in [0.4, 0.5) is 8.78 Å². The summed E-state index contributed by atoms with van der Waals surface area (Å²) in [7, 11) is 0. The molecule has 0 saturated carbocycles. The minimum atomic E-state index is -0.790. The molecule has 92 valence electrons. The van der Waals surface area contributed by atoms with Crippen LogP contribution < -0.4 is 0 Å². The molecular formula is C16H8F2Te. The molecule has 0 aromatic heterocycles. The van der Waals surface area contributed by atoms with E-state index in [2.05, 4.69) is 19.8 Å². The van der Waals surface area contributed by atoms with Gasteiger partial charge in [0.2, 0.25) is 0 Å². The normalized spacial score (nSPS) is 8.95. The molecule has 0 nitrogen and oxygen atoms in total. The molecule has 0 aliphatic carbocycles. The van der Waals surface area contributed by atoms with E-state index in [0.717, 1.165) is 0 Å². The summed E-state index contributed by atoms with van der Waals surface area (Å²) in [6, 6.07) is 12.3. The Labute approximate surface area is 120 Å². The Balaban J connectivity index is 1.98. The molecule has 0 atom stereocenters. The SMILES string of the molecule is Fc1cccc(C#C[Te]C#Cc2cccc(F)c2)c1. The Bertz CT molecular complexity index is 638. The van der Waals surface area contributed by atoms with Crippen molar-refractivity contribution in [3.63, 3.8) is 0 Å². The van der Waals surface area contributed by atoms with E-state index < -0.39 is 20.9 Å². The van der Waals surface area contributed by atoms with Crippen molar-refractivity contribution in [2.75, 3.05) is 0 Å². The van der Waals surface area contributed by atoms with E-state index in [0.29, 0.717) is 11.1 Å². The van der Waals surface area contributed by atoms with Gasteiger partial charge in [-0.15, -0.1) is 0 Å². The minimum absolute atomic E-state index is 0.293. The van der Waals surface area contributed by atoms with Crippen LogP contribution in [0.3, 0.4) is 0 Å². The molecule has 0 fully saturated rings. The fourth-order valence-corrected chi connectivity index (χ4v) is 2.44. The van der Waals surface area contributed by atoms with Gasteiger partial charge in [0.1, 0.15) is 0 Å². The monoisotopic (exact) mass is 368 g/mol. The number of hydrogen-bond donors (Lipinski definition) is 0. The number of halogens is 2. The van der Waals surface area contributed by atoms with Gasteiger partial charge in [0.25, 0.3) is 0 Å². The third-order valence-electron chi connectivity index (χ3n) is 2.14. The first kappa shape index (κ1) is 13.6. The van der Waals surface area contributed by atoms with Gasteiger partial charge in [-0.3, -0.25) is 0 Å². The molecular weight excluding hydrogens is 358 g/mol. The van der Waals surface area contributed by atoms with Crippen LogP contribution in [0.25, 0.3) is 0 Å². The standard InChI is InChI=1S/C16H8F2Te/c17-15-5-1-3-13(11-15)7-9-19-10-8-14-4-2-6-16(18)12-14/h1-6,11-12H. The van der Waals surface area contributed by atoms with Crippen LogP contribution in [-0.4, -0.2) is 20.9 Å². The summed E-state index contributed by atoms with van der Waals surface area (Å²) in [5, 5.41) is 0. The van der Waals surface area contributed by atoms with Gasteiger partial charge in [-0.2, -0.15) is 0 Å². The maximum atomic E-state index is 12.9. The van der Waals surface area contributed by atoms with E-state index in [9.17, 15) is 8.78 Å². The Hall–Kier alpha value is -1.79. The van der Waals surface area contributed by atoms with Crippen LogP contribution >= 0.6 is 0 Å². The van der Waals surface area contributed by atoms with Gasteiger partial charge in [-0.25, -0.2) is 0 Å². The Morgan fingerprint density at radius 1 is 0.737 bits per heavy atom. The average molecular weight is 366 g/mol. The van der Waals surface area contributed by atoms with E-state index in [1.807, 2.05) is 0 Å². The van der Waals surface area contributed by atoms with Crippen molar-refractivity contribution >= 4 is 20.9 Å². The summed E-state index contributed by atoms with van der Waals surface area (Å²) in [4.78, 5) is 0. The number of rotatable bonds is 0. The van der Waals surface area contributed by atoms with Crippen LogP contribution in [0.5, 0.6) is 0 Å². The van der Waals surface area contributed by atoms with Gasteiger partial charge in [0.15, 0.2) is 0 Å². The number of hydrogen-bond acceptors (Lipinski definition) is 0. The van der Waals surface area contributed by atoms with E-state index in [1.54, 1.807) is 24.3 Å². The van der Waals surface area contributed by atoms with Crippen molar-refractivity contribution in [1.82, 2.24) is 0 Å². The third-order valence-corrected chi connectivity index (χ3v) is 3.31. The first-order valence-electron chi connectivity index (χ1n) is 5.43. The second kappa shape index (κ2) is 6.96. The van der Waals surface area contributed by atoms with Crippen molar-refractivity contribution in [1.29, 1.82) is 0 Å². The molecule has 19 heavy (non-hydrogen) atoms. The molecule has 0 aliphatic heterocycles. The van der Waals surface area contributed by atoms with Crippen LogP contribution in [0.15, 0.2) is 48.5 Å². The van der Waals surface area contributed by atoms with Gasteiger partial charge < -0.3 is 0 Å². The van der Waals surface area contributed by atoms with Gasteiger partial charge in [-0.1, -0.05) is 0 Å². The predicted octanol–water partition coefficient (Wildman–Crippen LogP) is 2.99. The number of benzene rings is 2. The summed E-state index contributed by atoms with van der Waals surface area (Å²) < 4.78 is 31.7. The zero-order valence-corrected chi connectivity index (χ0v) is 12.1. The van der Waals surface area contributed by atoms with E-state index in [1.165, 1.54) is 24.3 Å². The third kappa shape index (κ3) is 4.76. The molecule has 0 unspecified atom stereocenters. The molecule has 0 bridgehead atoms. The quantitative estimate of drug-likeness (QED) is 0.497. The molecule has 0 aliphatic rings. The van der Waals surface area contributed by atoms with Crippen molar-refractivity contribution in [3.8, 4) is 19.8 Å². The van der Waals surface area contributed by atoms with Crippen LogP contribution in [0, 0.1) is 31.4 Å². The summed E-state index contributed by atoms with van der Waals surface area (Å²) in [5.74, 6) is 5.16. The zero-order valence-electron chi connectivity index (χ0n) is 9.78. The van der Waals surface area contributed by atoms with Crippen LogP contribution in [-0.2, 0) is 0 Å². The van der Waals surface area contributed by atoms with Gasteiger partial charge >= 0.3 is 121 Å². The molecule has 0 N–H and O–H groups in total. The van der Waals surface area contributed by atoms with Gasteiger partial charge in [0, 0.05) is 0 Å². The Kier molecular flexibility index (Phi) is 5.00.